The molecule has 1 fully saturated rings. The molecule has 6 heteroatoms. The lowest BCUT2D eigenvalue weighted by Gasteiger charge is -2.31. The van der Waals surface area contributed by atoms with Crippen molar-refractivity contribution >= 4 is 12.0 Å². The standard InChI is InChI=1S/C19H23FN2O3/c1-11-5-3-8-15(9-11)25-18(23)16-12(2)21-19(24)22-17(16)13-6-4-7-14(20)10-13/h4,6-7,10-11,15,17H,3,5,8-9H2,1-2H3,(H2,21,22,24)/t11-,15+,17-/m0/s1. The van der Waals surface area contributed by atoms with Gasteiger partial charge in [-0.1, -0.05) is 25.5 Å². The average Bonchev–Trinajstić information content (AvgIpc) is 2.54. The van der Waals surface area contributed by atoms with E-state index in [9.17, 15) is 14.0 Å². The minimum Gasteiger partial charge on any atom is -0.459 e. The van der Waals surface area contributed by atoms with Crippen LogP contribution in [0.3, 0.4) is 0 Å². The number of halogens is 1. The van der Waals surface area contributed by atoms with Crippen molar-refractivity contribution in [3.05, 3.63) is 46.9 Å². The maximum absolute atomic E-state index is 13.6. The highest BCUT2D eigenvalue weighted by Crippen LogP contribution is 2.31. The zero-order valence-corrected chi connectivity index (χ0v) is 14.5. The Labute approximate surface area is 146 Å². The summed E-state index contributed by atoms with van der Waals surface area (Å²) in [5.74, 6) is -0.347. The third-order valence-corrected chi connectivity index (χ3v) is 4.83. The van der Waals surface area contributed by atoms with Crippen molar-refractivity contribution in [3.63, 3.8) is 0 Å². The van der Waals surface area contributed by atoms with Crippen LogP contribution < -0.4 is 10.6 Å². The zero-order valence-electron chi connectivity index (χ0n) is 14.5. The number of urea groups is 1. The second-order valence-electron chi connectivity index (χ2n) is 6.92. The van der Waals surface area contributed by atoms with Gasteiger partial charge in [-0.25, -0.2) is 14.0 Å². The maximum atomic E-state index is 13.6. The van der Waals surface area contributed by atoms with Crippen LogP contribution in [0.1, 0.15) is 51.1 Å². The van der Waals surface area contributed by atoms with E-state index in [1.807, 2.05) is 0 Å². The normalized spacial score (nSPS) is 26.7. The van der Waals surface area contributed by atoms with E-state index in [0.717, 1.165) is 25.7 Å². The topological polar surface area (TPSA) is 67.4 Å². The van der Waals surface area contributed by atoms with Crippen molar-refractivity contribution in [1.29, 1.82) is 0 Å². The molecule has 1 heterocycles. The smallest absolute Gasteiger partial charge is 0.338 e. The molecule has 134 valence electrons. The van der Waals surface area contributed by atoms with E-state index < -0.39 is 23.9 Å². The fourth-order valence-corrected chi connectivity index (χ4v) is 3.60. The Balaban J connectivity index is 1.85. The molecule has 0 bridgehead atoms. The lowest BCUT2D eigenvalue weighted by Crippen LogP contribution is -2.45. The summed E-state index contributed by atoms with van der Waals surface area (Å²) in [6.45, 7) is 3.81. The number of nitrogens with one attached hydrogen (secondary N) is 2. The second-order valence-corrected chi connectivity index (χ2v) is 6.92. The van der Waals surface area contributed by atoms with E-state index in [1.54, 1.807) is 19.1 Å². The van der Waals surface area contributed by atoms with Gasteiger partial charge in [0.2, 0.25) is 0 Å². The van der Waals surface area contributed by atoms with Crippen molar-refractivity contribution in [3.8, 4) is 0 Å². The summed E-state index contributed by atoms with van der Waals surface area (Å²) in [6.07, 6.45) is 3.79. The molecule has 0 radical (unpaired) electrons. The monoisotopic (exact) mass is 346 g/mol. The molecule has 3 rings (SSSR count). The highest BCUT2D eigenvalue weighted by atomic mass is 19.1. The lowest BCUT2D eigenvalue weighted by molar-refractivity contribution is -0.146. The van der Waals surface area contributed by atoms with Crippen LogP contribution in [-0.4, -0.2) is 18.1 Å². The lowest BCUT2D eigenvalue weighted by atomic mass is 9.88. The molecule has 0 spiro atoms. The van der Waals surface area contributed by atoms with Crippen LogP contribution >= 0.6 is 0 Å². The van der Waals surface area contributed by atoms with Gasteiger partial charge in [0, 0.05) is 5.70 Å². The SMILES string of the molecule is CC1=C(C(=O)O[C@@H]2CCC[C@H](C)C2)[C@H](c2cccc(F)c2)NC(=O)N1. The molecule has 25 heavy (non-hydrogen) atoms. The Morgan fingerprint density at radius 2 is 2.12 bits per heavy atom. The van der Waals surface area contributed by atoms with Crippen LogP contribution in [0.2, 0.25) is 0 Å². The minimum absolute atomic E-state index is 0.109. The van der Waals surface area contributed by atoms with Gasteiger partial charge in [0.25, 0.3) is 0 Å². The summed E-state index contributed by atoms with van der Waals surface area (Å²) >= 11 is 0. The molecule has 1 aromatic carbocycles. The first-order valence-electron chi connectivity index (χ1n) is 8.68. The molecule has 1 saturated carbocycles. The number of ether oxygens (including phenoxy) is 1. The maximum Gasteiger partial charge on any atom is 0.338 e. The molecule has 5 nitrogen and oxygen atoms in total. The van der Waals surface area contributed by atoms with E-state index in [1.165, 1.54) is 12.1 Å². The van der Waals surface area contributed by atoms with Crippen molar-refractivity contribution < 1.29 is 18.7 Å². The van der Waals surface area contributed by atoms with Crippen LogP contribution in [0.25, 0.3) is 0 Å². The van der Waals surface area contributed by atoms with Crippen molar-refractivity contribution in [1.82, 2.24) is 10.6 Å². The molecular formula is C19H23FN2O3. The summed E-state index contributed by atoms with van der Waals surface area (Å²) in [5, 5.41) is 5.30. The summed E-state index contributed by atoms with van der Waals surface area (Å²) in [5.41, 5.74) is 1.27. The predicted molar refractivity (Wildman–Crippen MR) is 91.0 cm³/mol. The first-order chi connectivity index (χ1) is 11.9. The molecule has 3 atom stereocenters. The Morgan fingerprint density at radius 3 is 2.84 bits per heavy atom. The fourth-order valence-electron chi connectivity index (χ4n) is 3.60. The zero-order chi connectivity index (χ0) is 18.0. The minimum atomic E-state index is -0.724. The van der Waals surface area contributed by atoms with E-state index >= 15 is 0 Å². The molecule has 0 unspecified atom stereocenters. The van der Waals surface area contributed by atoms with Crippen LogP contribution in [0.5, 0.6) is 0 Å². The molecule has 2 amide bonds. The first-order valence-corrected chi connectivity index (χ1v) is 8.68. The number of hydrogen-bond donors (Lipinski definition) is 2. The van der Waals surface area contributed by atoms with Gasteiger partial charge in [0.1, 0.15) is 11.9 Å². The van der Waals surface area contributed by atoms with Crippen molar-refractivity contribution in [2.24, 2.45) is 5.92 Å². The van der Waals surface area contributed by atoms with E-state index in [2.05, 4.69) is 17.6 Å². The Bertz CT molecular complexity index is 716. The van der Waals surface area contributed by atoms with Crippen molar-refractivity contribution in [2.75, 3.05) is 0 Å². The van der Waals surface area contributed by atoms with Gasteiger partial charge >= 0.3 is 12.0 Å². The quantitative estimate of drug-likeness (QED) is 0.822. The van der Waals surface area contributed by atoms with Crippen LogP contribution in [-0.2, 0) is 9.53 Å². The van der Waals surface area contributed by atoms with Gasteiger partial charge in [-0.05, 0) is 49.8 Å². The largest absolute Gasteiger partial charge is 0.459 e. The number of esters is 1. The number of hydrogen-bond acceptors (Lipinski definition) is 3. The molecule has 2 aliphatic rings. The third kappa shape index (κ3) is 4.00. The van der Waals surface area contributed by atoms with E-state index in [4.69, 9.17) is 4.74 Å². The van der Waals surface area contributed by atoms with Crippen molar-refractivity contribution in [2.45, 2.75) is 51.7 Å². The number of rotatable bonds is 3. The number of allylic oxidation sites excluding steroid dienone is 1. The number of carbonyl (C=O) groups excluding carboxylic acids is 2. The highest BCUT2D eigenvalue weighted by Gasteiger charge is 2.34. The number of amides is 2. The molecular weight excluding hydrogens is 323 g/mol. The molecule has 0 saturated heterocycles. The number of benzene rings is 1. The van der Waals surface area contributed by atoms with Gasteiger partial charge in [-0.15, -0.1) is 0 Å². The summed E-state index contributed by atoms with van der Waals surface area (Å²) in [4.78, 5) is 24.6. The highest BCUT2D eigenvalue weighted by molar-refractivity contribution is 5.95. The van der Waals surface area contributed by atoms with Crippen LogP contribution in [0.15, 0.2) is 35.5 Å². The third-order valence-electron chi connectivity index (χ3n) is 4.83. The van der Waals surface area contributed by atoms with E-state index in [0.29, 0.717) is 22.8 Å². The molecule has 1 aromatic rings. The van der Waals surface area contributed by atoms with Gasteiger partial charge in [0.15, 0.2) is 0 Å². The van der Waals surface area contributed by atoms with Gasteiger partial charge in [-0.2, -0.15) is 0 Å². The average molecular weight is 346 g/mol. The Kier molecular flexibility index (Phi) is 5.06. The summed E-state index contributed by atoms with van der Waals surface area (Å²) < 4.78 is 19.3. The Morgan fingerprint density at radius 1 is 1.32 bits per heavy atom. The summed E-state index contributed by atoms with van der Waals surface area (Å²) in [7, 11) is 0. The molecule has 1 aliphatic carbocycles. The van der Waals surface area contributed by atoms with Gasteiger partial charge in [-0.3, -0.25) is 0 Å². The van der Waals surface area contributed by atoms with Crippen LogP contribution in [0, 0.1) is 11.7 Å². The fraction of sp³-hybridized carbons (Fsp3) is 0.474. The van der Waals surface area contributed by atoms with Gasteiger partial charge in [0.05, 0.1) is 11.6 Å². The molecule has 0 aromatic heterocycles. The number of carbonyl (C=O) groups is 2. The second kappa shape index (κ2) is 7.25. The Hall–Kier alpha value is -2.37. The predicted octanol–water partition coefficient (Wildman–Crippen LogP) is 3.58. The molecule has 2 N–H and O–H groups in total. The molecule has 1 aliphatic heterocycles. The van der Waals surface area contributed by atoms with Crippen LogP contribution in [0.4, 0.5) is 9.18 Å². The summed E-state index contributed by atoms with van der Waals surface area (Å²) in [6, 6.07) is 4.74. The first kappa shape index (κ1) is 17.5. The van der Waals surface area contributed by atoms with E-state index in [-0.39, 0.29) is 6.10 Å². The van der Waals surface area contributed by atoms with Gasteiger partial charge < -0.3 is 15.4 Å².